The Labute approximate surface area is 130 Å². The normalized spacial score (nSPS) is 15.1. The fourth-order valence-corrected chi connectivity index (χ4v) is 2.60. The molecule has 0 saturated carbocycles. The molecule has 7 heteroatoms. The molecule has 1 aliphatic rings. The molecule has 1 aromatic rings. The van der Waals surface area contributed by atoms with Gasteiger partial charge in [0.2, 0.25) is 17.2 Å². The first-order valence-electron chi connectivity index (χ1n) is 7.42. The summed E-state index contributed by atoms with van der Waals surface area (Å²) >= 11 is 6.07. The zero-order chi connectivity index (χ0) is 15.2. The van der Waals surface area contributed by atoms with Crippen molar-refractivity contribution in [3.63, 3.8) is 0 Å². The van der Waals surface area contributed by atoms with Crippen LogP contribution in [0.2, 0.25) is 5.28 Å². The summed E-state index contributed by atoms with van der Waals surface area (Å²) in [6, 6.07) is 2.36. The highest BCUT2D eigenvalue weighted by atomic mass is 35.5. The molecule has 0 atom stereocenters. The molecule has 1 saturated heterocycles. The summed E-state index contributed by atoms with van der Waals surface area (Å²) in [6.07, 6.45) is 3.99. The number of rotatable bonds is 5. The third-order valence-corrected chi connectivity index (χ3v) is 3.74. The fourth-order valence-electron chi connectivity index (χ4n) is 2.45. The SMILES string of the molecule is CC(C)N(CCC#N)c1nc(Cl)nc(N2CCCCC2)n1. The second kappa shape index (κ2) is 7.41. The Kier molecular flexibility index (Phi) is 5.57. The van der Waals surface area contributed by atoms with Crippen LogP contribution in [0.4, 0.5) is 11.9 Å². The molecular formula is C14H21ClN6. The Hall–Kier alpha value is -1.61. The molecule has 2 heterocycles. The van der Waals surface area contributed by atoms with Gasteiger partial charge < -0.3 is 9.80 Å². The van der Waals surface area contributed by atoms with Crippen LogP contribution in [0.25, 0.3) is 0 Å². The first-order valence-corrected chi connectivity index (χ1v) is 7.79. The molecule has 114 valence electrons. The molecule has 0 aromatic carbocycles. The molecule has 6 nitrogen and oxygen atoms in total. The molecule has 0 aliphatic carbocycles. The van der Waals surface area contributed by atoms with E-state index in [0.717, 1.165) is 25.9 Å². The van der Waals surface area contributed by atoms with Crippen LogP contribution < -0.4 is 9.80 Å². The predicted octanol–water partition coefficient (Wildman–Crippen LogP) is 2.64. The zero-order valence-electron chi connectivity index (χ0n) is 12.6. The van der Waals surface area contributed by atoms with Gasteiger partial charge in [0.25, 0.3) is 0 Å². The van der Waals surface area contributed by atoms with Crippen molar-refractivity contribution in [1.29, 1.82) is 5.26 Å². The second-order valence-electron chi connectivity index (χ2n) is 5.45. The van der Waals surface area contributed by atoms with Crippen LogP contribution in [-0.4, -0.2) is 40.6 Å². The van der Waals surface area contributed by atoms with E-state index in [4.69, 9.17) is 16.9 Å². The Morgan fingerprint density at radius 2 is 1.95 bits per heavy atom. The summed E-state index contributed by atoms with van der Waals surface area (Å²) in [6.45, 7) is 6.61. The van der Waals surface area contributed by atoms with Gasteiger partial charge in [-0.05, 0) is 44.7 Å². The minimum atomic E-state index is 0.200. The smallest absolute Gasteiger partial charge is 0.231 e. The van der Waals surface area contributed by atoms with Gasteiger partial charge in [-0.2, -0.15) is 20.2 Å². The maximum Gasteiger partial charge on any atom is 0.231 e. The maximum atomic E-state index is 8.79. The highest BCUT2D eigenvalue weighted by Crippen LogP contribution is 2.21. The van der Waals surface area contributed by atoms with Crippen molar-refractivity contribution >= 4 is 23.5 Å². The monoisotopic (exact) mass is 308 g/mol. The number of nitrogens with zero attached hydrogens (tertiary/aromatic N) is 6. The molecule has 0 radical (unpaired) electrons. The number of aromatic nitrogens is 3. The Morgan fingerprint density at radius 3 is 2.57 bits per heavy atom. The molecule has 0 unspecified atom stereocenters. The minimum Gasteiger partial charge on any atom is -0.341 e. The highest BCUT2D eigenvalue weighted by Gasteiger charge is 2.19. The number of hydrogen-bond acceptors (Lipinski definition) is 6. The first-order chi connectivity index (χ1) is 10.1. The van der Waals surface area contributed by atoms with Crippen molar-refractivity contribution in [3.8, 4) is 6.07 Å². The summed E-state index contributed by atoms with van der Waals surface area (Å²) in [5.74, 6) is 1.20. The van der Waals surface area contributed by atoms with Gasteiger partial charge in [0.15, 0.2) is 0 Å². The lowest BCUT2D eigenvalue weighted by Crippen LogP contribution is -2.35. The lowest BCUT2D eigenvalue weighted by molar-refractivity contribution is 0.565. The van der Waals surface area contributed by atoms with Crippen LogP contribution >= 0.6 is 11.6 Å². The largest absolute Gasteiger partial charge is 0.341 e. The summed E-state index contributed by atoms with van der Waals surface area (Å²) in [4.78, 5) is 17.2. The van der Waals surface area contributed by atoms with E-state index in [-0.39, 0.29) is 11.3 Å². The summed E-state index contributed by atoms with van der Waals surface area (Å²) in [7, 11) is 0. The second-order valence-corrected chi connectivity index (χ2v) is 5.79. The van der Waals surface area contributed by atoms with Gasteiger partial charge in [-0.25, -0.2) is 0 Å². The van der Waals surface area contributed by atoms with E-state index in [9.17, 15) is 0 Å². The van der Waals surface area contributed by atoms with Crippen LogP contribution in [-0.2, 0) is 0 Å². The lowest BCUT2D eigenvalue weighted by atomic mass is 10.1. The van der Waals surface area contributed by atoms with Crippen molar-refractivity contribution in [2.45, 2.75) is 45.6 Å². The number of anilines is 2. The van der Waals surface area contributed by atoms with Crippen LogP contribution in [0.5, 0.6) is 0 Å². The van der Waals surface area contributed by atoms with E-state index in [2.05, 4.69) is 39.8 Å². The molecule has 0 N–H and O–H groups in total. The van der Waals surface area contributed by atoms with E-state index in [0.29, 0.717) is 24.9 Å². The Morgan fingerprint density at radius 1 is 1.24 bits per heavy atom. The minimum absolute atomic E-state index is 0.200. The van der Waals surface area contributed by atoms with Crippen molar-refractivity contribution in [1.82, 2.24) is 15.0 Å². The fraction of sp³-hybridized carbons (Fsp3) is 0.714. The van der Waals surface area contributed by atoms with Gasteiger partial charge in [-0.3, -0.25) is 0 Å². The summed E-state index contributed by atoms with van der Waals surface area (Å²) in [5, 5.41) is 9.00. The molecule has 1 aromatic heterocycles. The quantitative estimate of drug-likeness (QED) is 0.833. The molecular weight excluding hydrogens is 288 g/mol. The average molecular weight is 309 g/mol. The Balaban J connectivity index is 2.25. The molecule has 0 bridgehead atoms. The van der Waals surface area contributed by atoms with Crippen LogP contribution in [0.3, 0.4) is 0 Å². The number of hydrogen-bond donors (Lipinski definition) is 0. The van der Waals surface area contributed by atoms with Gasteiger partial charge in [0, 0.05) is 25.7 Å². The standard InChI is InChI=1S/C14H21ClN6/c1-11(2)21(10-6-7-16)14-18-12(15)17-13(19-14)20-8-4-3-5-9-20/h11H,3-6,8-10H2,1-2H3. The zero-order valence-corrected chi connectivity index (χ0v) is 13.3. The Bertz CT molecular complexity index is 507. The van der Waals surface area contributed by atoms with Crippen molar-refractivity contribution < 1.29 is 0 Å². The topological polar surface area (TPSA) is 68.9 Å². The molecule has 21 heavy (non-hydrogen) atoms. The number of piperidine rings is 1. The maximum absolute atomic E-state index is 8.79. The van der Waals surface area contributed by atoms with Crippen LogP contribution in [0.1, 0.15) is 39.5 Å². The van der Waals surface area contributed by atoms with Gasteiger partial charge in [-0.1, -0.05) is 0 Å². The van der Waals surface area contributed by atoms with Crippen molar-refractivity contribution in [2.75, 3.05) is 29.4 Å². The molecule has 1 fully saturated rings. The lowest BCUT2D eigenvalue weighted by Gasteiger charge is -2.29. The third-order valence-electron chi connectivity index (χ3n) is 3.57. The van der Waals surface area contributed by atoms with Crippen LogP contribution in [0, 0.1) is 11.3 Å². The average Bonchev–Trinajstić information content (AvgIpc) is 2.48. The van der Waals surface area contributed by atoms with E-state index in [1.165, 1.54) is 6.42 Å². The van der Waals surface area contributed by atoms with E-state index < -0.39 is 0 Å². The third kappa shape index (κ3) is 4.18. The molecule has 1 aliphatic heterocycles. The van der Waals surface area contributed by atoms with Crippen molar-refractivity contribution in [3.05, 3.63) is 5.28 Å². The number of halogens is 1. The summed E-state index contributed by atoms with van der Waals surface area (Å²) in [5.41, 5.74) is 0. The van der Waals surface area contributed by atoms with Crippen LogP contribution in [0.15, 0.2) is 0 Å². The van der Waals surface area contributed by atoms with Crippen molar-refractivity contribution in [2.24, 2.45) is 0 Å². The van der Waals surface area contributed by atoms with E-state index in [1.807, 2.05) is 4.90 Å². The molecule has 2 rings (SSSR count). The van der Waals surface area contributed by atoms with E-state index in [1.54, 1.807) is 0 Å². The highest BCUT2D eigenvalue weighted by molar-refractivity contribution is 6.28. The van der Waals surface area contributed by atoms with Gasteiger partial charge in [0.1, 0.15) is 0 Å². The van der Waals surface area contributed by atoms with E-state index >= 15 is 0 Å². The number of nitriles is 1. The van der Waals surface area contributed by atoms with Gasteiger partial charge >= 0.3 is 0 Å². The van der Waals surface area contributed by atoms with Gasteiger partial charge in [-0.15, -0.1) is 0 Å². The first kappa shape index (κ1) is 15.8. The molecule has 0 spiro atoms. The van der Waals surface area contributed by atoms with Gasteiger partial charge in [0.05, 0.1) is 12.5 Å². The summed E-state index contributed by atoms with van der Waals surface area (Å²) < 4.78 is 0. The predicted molar refractivity (Wildman–Crippen MR) is 83.6 cm³/mol. The molecule has 0 amide bonds.